The van der Waals surface area contributed by atoms with E-state index in [1.165, 1.54) is 18.4 Å². The van der Waals surface area contributed by atoms with E-state index in [2.05, 4.69) is 19.2 Å². The van der Waals surface area contributed by atoms with Crippen LogP contribution in [0.3, 0.4) is 0 Å². The van der Waals surface area contributed by atoms with E-state index in [0.717, 1.165) is 24.9 Å². The van der Waals surface area contributed by atoms with E-state index < -0.39 is 0 Å². The fourth-order valence-corrected chi connectivity index (χ4v) is 2.54. The maximum atomic E-state index is 13.1. The average molecular weight is 249 g/mol. The Labute approximate surface area is 110 Å². The highest BCUT2D eigenvalue weighted by atomic mass is 19.1. The third kappa shape index (κ3) is 3.11. The van der Waals surface area contributed by atoms with Gasteiger partial charge in [-0.2, -0.15) is 0 Å². The van der Waals surface area contributed by atoms with Gasteiger partial charge in [0.25, 0.3) is 0 Å². The minimum atomic E-state index is -0.132. The maximum Gasteiger partial charge on any atom is 0.123 e. The minimum absolute atomic E-state index is 0.132. The van der Waals surface area contributed by atoms with Gasteiger partial charge in [0.2, 0.25) is 0 Å². The summed E-state index contributed by atoms with van der Waals surface area (Å²) in [6.07, 6.45) is 4.81. The predicted molar refractivity (Wildman–Crippen MR) is 74.3 cm³/mol. The lowest BCUT2D eigenvalue weighted by molar-refractivity contribution is 0.354. The molecule has 0 saturated heterocycles. The first-order valence-electron chi connectivity index (χ1n) is 7.03. The zero-order valence-corrected chi connectivity index (χ0v) is 11.7. The number of benzene rings is 1. The first-order valence-corrected chi connectivity index (χ1v) is 7.03. The molecule has 1 nitrogen and oxygen atoms in total. The summed E-state index contributed by atoms with van der Waals surface area (Å²) in [4.78, 5) is 0. The molecule has 0 radical (unpaired) electrons. The van der Waals surface area contributed by atoms with Crippen LogP contribution in [0.1, 0.15) is 44.2 Å². The SMILES string of the molecule is CCCNC(Cc1ccc(F)cc1C)C1(C)CC1. The van der Waals surface area contributed by atoms with E-state index in [4.69, 9.17) is 0 Å². The van der Waals surface area contributed by atoms with Gasteiger partial charge in [0.1, 0.15) is 5.82 Å². The molecule has 0 heterocycles. The van der Waals surface area contributed by atoms with E-state index in [0.29, 0.717) is 11.5 Å². The molecular weight excluding hydrogens is 225 g/mol. The molecule has 2 heteroatoms. The summed E-state index contributed by atoms with van der Waals surface area (Å²) in [5.74, 6) is -0.132. The van der Waals surface area contributed by atoms with Crippen molar-refractivity contribution in [2.24, 2.45) is 5.41 Å². The zero-order chi connectivity index (χ0) is 13.2. The van der Waals surface area contributed by atoms with E-state index >= 15 is 0 Å². The van der Waals surface area contributed by atoms with Crippen LogP contribution in [-0.2, 0) is 6.42 Å². The van der Waals surface area contributed by atoms with Gasteiger partial charge in [-0.15, -0.1) is 0 Å². The summed E-state index contributed by atoms with van der Waals surface area (Å²) in [6.45, 7) is 7.63. The van der Waals surface area contributed by atoms with Crippen LogP contribution in [0.4, 0.5) is 4.39 Å². The second-order valence-electron chi connectivity index (χ2n) is 5.94. The molecule has 100 valence electrons. The third-order valence-corrected chi connectivity index (χ3v) is 4.25. The fraction of sp³-hybridized carbons (Fsp3) is 0.625. The van der Waals surface area contributed by atoms with Crippen molar-refractivity contribution in [3.05, 3.63) is 35.1 Å². The lowest BCUT2D eigenvalue weighted by Gasteiger charge is -2.25. The van der Waals surface area contributed by atoms with Crippen molar-refractivity contribution in [2.75, 3.05) is 6.54 Å². The standard InChI is InChI=1S/C16H24FN/c1-4-9-18-15(16(3)7-8-16)11-13-5-6-14(17)10-12(13)2/h5-6,10,15,18H,4,7-9,11H2,1-3H3. The van der Waals surface area contributed by atoms with Gasteiger partial charge >= 0.3 is 0 Å². The Balaban J connectivity index is 2.08. The smallest absolute Gasteiger partial charge is 0.123 e. The molecule has 1 aromatic rings. The van der Waals surface area contributed by atoms with E-state index in [-0.39, 0.29) is 5.82 Å². The van der Waals surface area contributed by atoms with E-state index in [1.807, 2.05) is 13.0 Å². The summed E-state index contributed by atoms with van der Waals surface area (Å²) in [6, 6.07) is 5.69. The van der Waals surface area contributed by atoms with Crippen molar-refractivity contribution in [3.8, 4) is 0 Å². The van der Waals surface area contributed by atoms with Crippen molar-refractivity contribution >= 4 is 0 Å². The van der Waals surface area contributed by atoms with Crippen LogP contribution in [-0.4, -0.2) is 12.6 Å². The van der Waals surface area contributed by atoms with Gasteiger partial charge in [0.05, 0.1) is 0 Å². The van der Waals surface area contributed by atoms with Gasteiger partial charge in [-0.05, 0) is 67.8 Å². The first kappa shape index (κ1) is 13.5. The van der Waals surface area contributed by atoms with Gasteiger partial charge in [-0.25, -0.2) is 4.39 Å². The van der Waals surface area contributed by atoms with Crippen LogP contribution in [0.25, 0.3) is 0 Å². The molecule has 1 aliphatic carbocycles. The molecular formula is C16H24FN. The number of halogens is 1. The second-order valence-corrected chi connectivity index (χ2v) is 5.94. The molecule has 0 spiro atoms. The topological polar surface area (TPSA) is 12.0 Å². The molecule has 0 aliphatic heterocycles. The molecule has 1 atom stereocenters. The fourth-order valence-electron chi connectivity index (χ4n) is 2.54. The number of nitrogens with one attached hydrogen (secondary N) is 1. The predicted octanol–water partition coefficient (Wildman–Crippen LogP) is 3.84. The largest absolute Gasteiger partial charge is 0.313 e. The summed E-state index contributed by atoms with van der Waals surface area (Å²) in [7, 11) is 0. The normalized spacial score (nSPS) is 18.7. The van der Waals surface area contributed by atoms with Crippen molar-refractivity contribution < 1.29 is 4.39 Å². The van der Waals surface area contributed by atoms with Crippen molar-refractivity contribution in [1.29, 1.82) is 0 Å². The molecule has 1 aromatic carbocycles. The quantitative estimate of drug-likeness (QED) is 0.807. The number of aryl methyl sites for hydroxylation is 1. The summed E-state index contributed by atoms with van der Waals surface area (Å²) in [5.41, 5.74) is 2.80. The van der Waals surface area contributed by atoms with Gasteiger partial charge < -0.3 is 5.32 Å². The molecule has 1 fully saturated rings. The van der Waals surface area contributed by atoms with Gasteiger partial charge in [0.15, 0.2) is 0 Å². The van der Waals surface area contributed by atoms with E-state index in [9.17, 15) is 4.39 Å². The zero-order valence-electron chi connectivity index (χ0n) is 11.7. The Bertz CT molecular complexity index is 410. The molecule has 1 N–H and O–H groups in total. The molecule has 1 saturated carbocycles. The van der Waals surface area contributed by atoms with Crippen molar-refractivity contribution in [3.63, 3.8) is 0 Å². The van der Waals surface area contributed by atoms with E-state index in [1.54, 1.807) is 12.1 Å². The average Bonchev–Trinajstić information content (AvgIpc) is 3.06. The number of hydrogen-bond acceptors (Lipinski definition) is 1. The molecule has 0 aromatic heterocycles. The molecule has 0 amide bonds. The maximum absolute atomic E-state index is 13.1. The molecule has 0 bridgehead atoms. The lowest BCUT2D eigenvalue weighted by Crippen LogP contribution is -2.38. The van der Waals surface area contributed by atoms with Gasteiger partial charge in [-0.3, -0.25) is 0 Å². The summed E-state index contributed by atoms with van der Waals surface area (Å²) in [5, 5.41) is 3.67. The van der Waals surface area contributed by atoms with Crippen LogP contribution < -0.4 is 5.32 Å². The highest BCUT2D eigenvalue weighted by molar-refractivity contribution is 5.28. The number of hydrogen-bond donors (Lipinski definition) is 1. The van der Waals surface area contributed by atoms with Gasteiger partial charge in [0, 0.05) is 6.04 Å². The molecule has 1 unspecified atom stereocenters. The summed E-state index contributed by atoms with van der Waals surface area (Å²) >= 11 is 0. The molecule has 1 aliphatic rings. The Kier molecular flexibility index (Phi) is 4.06. The monoisotopic (exact) mass is 249 g/mol. The van der Waals surface area contributed by atoms with Crippen LogP contribution >= 0.6 is 0 Å². The lowest BCUT2D eigenvalue weighted by atomic mass is 9.90. The Hall–Kier alpha value is -0.890. The highest BCUT2D eigenvalue weighted by Gasteiger charge is 2.44. The Morgan fingerprint density at radius 1 is 1.39 bits per heavy atom. The second kappa shape index (κ2) is 5.40. The Morgan fingerprint density at radius 2 is 2.11 bits per heavy atom. The van der Waals surface area contributed by atoms with Crippen LogP contribution in [0, 0.1) is 18.2 Å². The third-order valence-electron chi connectivity index (χ3n) is 4.25. The van der Waals surface area contributed by atoms with Crippen molar-refractivity contribution in [2.45, 2.75) is 52.5 Å². The van der Waals surface area contributed by atoms with Crippen LogP contribution in [0.15, 0.2) is 18.2 Å². The van der Waals surface area contributed by atoms with Crippen molar-refractivity contribution in [1.82, 2.24) is 5.32 Å². The number of rotatable bonds is 6. The highest BCUT2D eigenvalue weighted by Crippen LogP contribution is 2.49. The minimum Gasteiger partial charge on any atom is -0.313 e. The Morgan fingerprint density at radius 3 is 2.67 bits per heavy atom. The van der Waals surface area contributed by atoms with Crippen LogP contribution in [0.2, 0.25) is 0 Å². The summed E-state index contributed by atoms with van der Waals surface area (Å²) < 4.78 is 13.1. The van der Waals surface area contributed by atoms with Crippen LogP contribution in [0.5, 0.6) is 0 Å². The molecule has 2 rings (SSSR count). The van der Waals surface area contributed by atoms with Gasteiger partial charge in [-0.1, -0.05) is 19.9 Å². The first-order chi connectivity index (χ1) is 8.55. The molecule has 18 heavy (non-hydrogen) atoms.